The molecule has 0 saturated carbocycles. The number of carbonyl (C=O) groups excluding carboxylic acids is 3. The zero-order chi connectivity index (χ0) is 22.4. The average molecular weight is 423 g/mol. The SMILES string of the molecule is CCCNC(=O)[C@H](C)NC(=O)COC(=O)c1cc(-c2ccc(C)o2)nc2ccccc12. The molecular weight excluding hydrogens is 398 g/mol. The number of rotatable bonds is 8. The van der Waals surface area contributed by atoms with E-state index in [1.807, 2.05) is 26.0 Å². The second-order valence-electron chi connectivity index (χ2n) is 7.14. The van der Waals surface area contributed by atoms with Crippen molar-refractivity contribution in [1.82, 2.24) is 15.6 Å². The molecule has 162 valence electrons. The van der Waals surface area contributed by atoms with E-state index in [1.54, 1.807) is 37.3 Å². The van der Waals surface area contributed by atoms with Crippen LogP contribution in [0.1, 0.15) is 36.4 Å². The highest BCUT2D eigenvalue weighted by Crippen LogP contribution is 2.26. The van der Waals surface area contributed by atoms with Crippen LogP contribution in [0.5, 0.6) is 0 Å². The standard InChI is InChI=1S/C23H25N3O5/c1-4-11-24-22(28)15(3)25-21(27)13-30-23(29)17-12-19(20-10-9-14(2)31-20)26-18-8-6-5-7-16(17)18/h5-10,12,15H,4,11,13H2,1-3H3,(H,24,28)(H,25,27)/t15-/m0/s1. The second-order valence-corrected chi connectivity index (χ2v) is 7.14. The van der Waals surface area contributed by atoms with Gasteiger partial charge < -0.3 is 19.8 Å². The van der Waals surface area contributed by atoms with Crippen molar-refractivity contribution in [2.75, 3.05) is 13.2 Å². The summed E-state index contributed by atoms with van der Waals surface area (Å²) in [4.78, 5) is 41.3. The first-order valence-corrected chi connectivity index (χ1v) is 10.1. The summed E-state index contributed by atoms with van der Waals surface area (Å²) in [6.45, 7) is 5.35. The van der Waals surface area contributed by atoms with Crippen LogP contribution in [-0.2, 0) is 14.3 Å². The Bertz CT molecular complexity index is 1110. The van der Waals surface area contributed by atoms with Gasteiger partial charge in [-0.2, -0.15) is 0 Å². The average Bonchev–Trinajstić information content (AvgIpc) is 3.21. The smallest absolute Gasteiger partial charge is 0.339 e. The van der Waals surface area contributed by atoms with Crippen molar-refractivity contribution in [2.24, 2.45) is 0 Å². The number of esters is 1. The Morgan fingerprint density at radius 1 is 1.16 bits per heavy atom. The van der Waals surface area contributed by atoms with Gasteiger partial charge >= 0.3 is 5.97 Å². The first kappa shape index (κ1) is 22.0. The minimum absolute atomic E-state index is 0.274. The Kier molecular flexibility index (Phi) is 7.02. The lowest BCUT2D eigenvalue weighted by molar-refractivity contribution is -0.130. The Labute approximate surface area is 180 Å². The maximum atomic E-state index is 12.8. The molecule has 2 amide bonds. The van der Waals surface area contributed by atoms with Gasteiger partial charge in [0.1, 0.15) is 17.5 Å². The van der Waals surface area contributed by atoms with Gasteiger partial charge in [-0.05, 0) is 44.5 Å². The molecule has 0 unspecified atom stereocenters. The highest BCUT2D eigenvalue weighted by molar-refractivity contribution is 6.05. The van der Waals surface area contributed by atoms with Crippen LogP contribution in [0.15, 0.2) is 46.9 Å². The van der Waals surface area contributed by atoms with Crippen LogP contribution in [0.3, 0.4) is 0 Å². The number of aryl methyl sites for hydroxylation is 1. The van der Waals surface area contributed by atoms with Gasteiger partial charge in [0.25, 0.3) is 5.91 Å². The lowest BCUT2D eigenvalue weighted by atomic mass is 10.1. The van der Waals surface area contributed by atoms with E-state index in [1.165, 1.54) is 0 Å². The Morgan fingerprint density at radius 3 is 2.65 bits per heavy atom. The number of furan rings is 1. The number of nitrogens with zero attached hydrogens (tertiary/aromatic N) is 1. The second kappa shape index (κ2) is 9.88. The molecule has 8 heteroatoms. The van der Waals surface area contributed by atoms with Crippen LogP contribution in [-0.4, -0.2) is 42.0 Å². The third-order valence-corrected chi connectivity index (χ3v) is 4.58. The van der Waals surface area contributed by atoms with E-state index in [9.17, 15) is 14.4 Å². The predicted octanol–water partition coefficient (Wildman–Crippen LogP) is 2.99. The van der Waals surface area contributed by atoms with Gasteiger partial charge in [0.15, 0.2) is 12.4 Å². The van der Waals surface area contributed by atoms with Gasteiger partial charge in [-0.1, -0.05) is 25.1 Å². The van der Waals surface area contributed by atoms with Gasteiger partial charge in [0.05, 0.1) is 11.1 Å². The van der Waals surface area contributed by atoms with Crippen LogP contribution in [0.25, 0.3) is 22.4 Å². The largest absolute Gasteiger partial charge is 0.460 e. The molecule has 0 spiro atoms. The van der Waals surface area contributed by atoms with Crippen molar-refractivity contribution in [1.29, 1.82) is 0 Å². The minimum atomic E-state index is -0.728. The van der Waals surface area contributed by atoms with Crippen molar-refractivity contribution in [3.8, 4) is 11.5 Å². The summed E-state index contributed by atoms with van der Waals surface area (Å²) in [5, 5.41) is 5.82. The molecule has 3 aromatic rings. The first-order valence-electron chi connectivity index (χ1n) is 10.1. The number of para-hydroxylation sites is 1. The number of fused-ring (bicyclic) bond motifs is 1. The Balaban J connectivity index is 1.73. The molecule has 0 radical (unpaired) electrons. The summed E-state index contributed by atoms with van der Waals surface area (Å²) in [5.74, 6) is -0.265. The summed E-state index contributed by atoms with van der Waals surface area (Å²) in [6, 6.07) is 11.6. The Morgan fingerprint density at radius 2 is 1.94 bits per heavy atom. The summed E-state index contributed by atoms with van der Waals surface area (Å²) >= 11 is 0. The highest BCUT2D eigenvalue weighted by atomic mass is 16.5. The quantitative estimate of drug-likeness (QED) is 0.539. The van der Waals surface area contributed by atoms with E-state index in [0.29, 0.717) is 28.9 Å². The fraction of sp³-hybridized carbons (Fsp3) is 0.304. The van der Waals surface area contributed by atoms with E-state index < -0.39 is 24.5 Å². The van der Waals surface area contributed by atoms with E-state index in [-0.39, 0.29) is 11.5 Å². The van der Waals surface area contributed by atoms with Gasteiger partial charge in [0.2, 0.25) is 5.91 Å². The number of hydrogen-bond donors (Lipinski definition) is 2. The number of nitrogens with one attached hydrogen (secondary N) is 2. The molecule has 2 N–H and O–H groups in total. The topological polar surface area (TPSA) is 111 Å². The molecule has 0 aliphatic rings. The monoisotopic (exact) mass is 423 g/mol. The zero-order valence-corrected chi connectivity index (χ0v) is 17.7. The maximum absolute atomic E-state index is 12.8. The van der Waals surface area contributed by atoms with Crippen molar-refractivity contribution in [2.45, 2.75) is 33.2 Å². The van der Waals surface area contributed by atoms with Crippen molar-refractivity contribution >= 4 is 28.7 Å². The van der Waals surface area contributed by atoms with Gasteiger partial charge in [-0.15, -0.1) is 0 Å². The maximum Gasteiger partial charge on any atom is 0.339 e. The number of pyridine rings is 1. The lowest BCUT2D eigenvalue weighted by Gasteiger charge is -2.14. The molecule has 1 atom stereocenters. The number of aromatic nitrogens is 1. The molecule has 0 bridgehead atoms. The van der Waals surface area contributed by atoms with E-state index in [4.69, 9.17) is 9.15 Å². The third kappa shape index (κ3) is 5.48. The lowest BCUT2D eigenvalue weighted by Crippen LogP contribution is -2.46. The molecule has 0 aliphatic carbocycles. The zero-order valence-electron chi connectivity index (χ0n) is 17.7. The molecule has 3 rings (SSSR count). The van der Waals surface area contributed by atoms with E-state index in [0.717, 1.165) is 12.2 Å². The van der Waals surface area contributed by atoms with Crippen LogP contribution < -0.4 is 10.6 Å². The van der Waals surface area contributed by atoms with E-state index >= 15 is 0 Å². The van der Waals surface area contributed by atoms with Gasteiger partial charge in [-0.25, -0.2) is 9.78 Å². The molecule has 0 fully saturated rings. The van der Waals surface area contributed by atoms with Crippen molar-refractivity contribution in [3.63, 3.8) is 0 Å². The van der Waals surface area contributed by atoms with Crippen LogP contribution >= 0.6 is 0 Å². The number of ether oxygens (including phenoxy) is 1. The van der Waals surface area contributed by atoms with Gasteiger partial charge in [-0.3, -0.25) is 9.59 Å². The fourth-order valence-electron chi connectivity index (χ4n) is 3.00. The number of carbonyl (C=O) groups is 3. The highest BCUT2D eigenvalue weighted by Gasteiger charge is 2.19. The Hall–Kier alpha value is -3.68. The number of hydrogen-bond acceptors (Lipinski definition) is 6. The third-order valence-electron chi connectivity index (χ3n) is 4.58. The molecule has 2 aromatic heterocycles. The summed E-state index contributed by atoms with van der Waals surface area (Å²) in [7, 11) is 0. The summed E-state index contributed by atoms with van der Waals surface area (Å²) in [6.07, 6.45) is 0.795. The minimum Gasteiger partial charge on any atom is -0.460 e. The molecule has 0 saturated heterocycles. The molecule has 2 heterocycles. The van der Waals surface area contributed by atoms with Gasteiger partial charge in [0, 0.05) is 11.9 Å². The van der Waals surface area contributed by atoms with Crippen LogP contribution in [0.2, 0.25) is 0 Å². The normalized spacial score (nSPS) is 11.7. The summed E-state index contributed by atoms with van der Waals surface area (Å²) in [5.41, 5.74) is 1.37. The molecular formula is C23H25N3O5. The molecule has 31 heavy (non-hydrogen) atoms. The first-order chi connectivity index (χ1) is 14.9. The molecule has 8 nitrogen and oxygen atoms in total. The predicted molar refractivity (Wildman–Crippen MR) is 115 cm³/mol. The number of benzene rings is 1. The van der Waals surface area contributed by atoms with Crippen LogP contribution in [0, 0.1) is 6.92 Å². The van der Waals surface area contributed by atoms with Crippen molar-refractivity contribution in [3.05, 3.63) is 53.8 Å². The number of amides is 2. The van der Waals surface area contributed by atoms with Crippen LogP contribution in [0.4, 0.5) is 0 Å². The van der Waals surface area contributed by atoms with Crippen molar-refractivity contribution < 1.29 is 23.5 Å². The summed E-state index contributed by atoms with van der Waals surface area (Å²) < 4.78 is 10.8. The fourth-order valence-corrected chi connectivity index (χ4v) is 3.00. The molecule has 0 aliphatic heterocycles. The molecule has 1 aromatic carbocycles. The van der Waals surface area contributed by atoms with E-state index in [2.05, 4.69) is 15.6 Å².